The molecule has 0 spiro atoms. The lowest BCUT2D eigenvalue weighted by atomic mass is 10.2. The van der Waals surface area contributed by atoms with Crippen LogP contribution >= 0.6 is 27.3 Å². The van der Waals surface area contributed by atoms with Crippen LogP contribution in [-0.4, -0.2) is 16.0 Å². The van der Waals surface area contributed by atoms with Gasteiger partial charge in [-0.1, -0.05) is 0 Å². The van der Waals surface area contributed by atoms with Crippen molar-refractivity contribution >= 4 is 33.2 Å². The third-order valence-corrected chi connectivity index (χ3v) is 3.88. The van der Waals surface area contributed by atoms with Crippen LogP contribution < -0.4 is 5.32 Å². The van der Waals surface area contributed by atoms with Crippen molar-refractivity contribution < 1.29 is 9.90 Å². The van der Waals surface area contributed by atoms with E-state index in [0.29, 0.717) is 16.6 Å². The number of aromatic hydroxyl groups is 1. The lowest BCUT2D eigenvalue weighted by Gasteiger charge is -2.04. The van der Waals surface area contributed by atoms with E-state index in [4.69, 9.17) is 0 Å². The smallest absolute Gasteiger partial charge is 0.251 e. The van der Waals surface area contributed by atoms with Crippen molar-refractivity contribution in [2.45, 2.75) is 13.5 Å². The van der Waals surface area contributed by atoms with Gasteiger partial charge < -0.3 is 10.4 Å². The third-order valence-electron chi connectivity index (χ3n) is 2.30. The number of nitrogens with one attached hydrogen (secondary N) is 1. The Morgan fingerprint density at radius 3 is 2.94 bits per heavy atom. The predicted octanol–water partition coefficient (Wildman–Crippen LogP) is 2.85. The minimum Gasteiger partial charge on any atom is -0.507 e. The molecule has 0 aliphatic rings. The number of aryl methyl sites for hydroxylation is 1. The summed E-state index contributed by atoms with van der Waals surface area (Å²) in [5, 5.41) is 13.3. The summed E-state index contributed by atoms with van der Waals surface area (Å²) in [4.78, 5) is 17.0. The Morgan fingerprint density at radius 2 is 2.33 bits per heavy atom. The standard InChI is InChI=1S/C12H11BrN2O2S/c1-7-14-5-9(18-7)6-15-12(17)8-2-3-10(13)11(16)4-8/h2-5,16H,6H2,1H3,(H,15,17). The number of hydrogen-bond acceptors (Lipinski definition) is 4. The van der Waals surface area contributed by atoms with Crippen LogP contribution in [0, 0.1) is 6.92 Å². The van der Waals surface area contributed by atoms with Gasteiger partial charge in [0.05, 0.1) is 16.0 Å². The zero-order valence-electron chi connectivity index (χ0n) is 9.61. The zero-order chi connectivity index (χ0) is 13.1. The number of rotatable bonds is 3. The number of aromatic nitrogens is 1. The van der Waals surface area contributed by atoms with Crippen LogP contribution in [0.25, 0.3) is 0 Å². The van der Waals surface area contributed by atoms with Gasteiger partial charge in [-0.25, -0.2) is 4.98 Å². The van der Waals surface area contributed by atoms with Gasteiger partial charge in [-0.15, -0.1) is 11.3 Å². The Morgan fingerprint density at radius 1 is 1.56 bits per heavy atom. The van der Waals surface area contributed by atoms with Crippen molar-refractivity contribution in [1.29, 1.82) is 0 Å². The van der Waals surface area contributed by atoms with Crippen molar-refractivity contribution in [1.82, 2.24) is 10.3 Å². The van der Waals surface area contributed by atoms with E-state index in [1.807, 2.05) is 6.92 Å². The SMILES string of the molecule is Cc1ncc(CNC(=O)c2ccc(Br)c(O)c2)s1. The van der Waals surface area contributed by atoms with Crippen LogP contribution in [0.2, 0.25) is 0 Å². The molecule has 2 N–H and O–H groups in total. The van der Waals surface area contributed by atoms with Gasteiger partial charge in [0.2, 0.25) is 0 Å². The van der Waals surface area contributed by atoms with Crippen molar-refractivity contribution in [3.63, 3.8) is 0 Å². The third kappa shape index (κ3) is 3.08. The Labute approximate surface area is 117 Å². The number of benzene rings is 1. The van der Waals surface area contributed by atoms with E-state index in [0.717, 1.165) is 9.88 Å². The van der Waals surface area contributed by atoms with Crippen LogP contribution in [0.3, 0.4) is 0 Å². The minimum absolute atomic E-state index is 0.0521. The molecule has 18 heavy (non-hydrogen) atoms. The molecule has 0 radical (unpaired) electrons. The number of phenolic OH excluding ortho intramolecular Hbond substituents is 1. The number of hydrogen-bond donors (Lipinski definition) is 2. The largest absolute Gasteiger partial charge is 0.507 e. The molecule has 0 unspecified atom stereocenters. The summed E-state index contributed by atoms with van der Waals surface area (Å²) in [6, 6.07) is 4.72. The quantitative estimate of drug-likeness (QED) is 0.911. The van der Waals surface area contributed by atoms with Crippen molar-refractivity contribution in [2.24, 2.45) is 0 Å². The first-order valence-corrected chi connectivity index (χ1v) is 6.85. The molecule has 1 aromatic carbocycles. The van der Waals surface area contributed by atoms with Crippen LogP contribution in [0.15, 0.2) is 28.9 Å². The number of halogens is 1. The van der Waals surface area contributed by atoms with E-state index in [1.54, 1.807) is 29.7 Å². The maximum absolute atomic E-state index is 11.8. The molecule has 1 amide bonds. The lowest BCUT2D eigenvalue weighted by Crippen LogP contribution is -2.22. The summed E-state index contributed by atoms with van der Waals surface area (Å²) in [7, 11) is 0. The summed E-state index contributed by atoms with van der Waals surface area (Å²) < 4.78 is 0.567. The van der Waals surface area contributed by atoms with E-state index in [2.05, 4.69) is 26.2 Å². The Kier molecular flexibility index (Phi) is 3.98. The molecule has 2 rings (SSSR count). The summed E-state index contributed by atoms with van der Waals surface area (Å²) in [6.07, 6.45) is 1.75. The van der Waals surface area contributed by atoms with Gasteiger partial charge in [-0.3, -0.25) is 4.79 Å². The molecule has 4 nitrogen and oxygen atoms in total. The Hall–Kier alpha value is -1.40. The fourth-order valence-electron chi connectivity index (χ4n) is 1.41. The number of carbonyl (C=O) groups excluding carboxylic acids is 1. The molecule has 0 bridgehead atoms. The highest BCUT2D eigenvalue weighted by atomic mass is 79.9. The number of carbonyl (C=O) groups is 1. The molecular weight excluding hydrogens is 316 g/mol. The Balaban J connectivity index is 2.01. The van der Waals surface area contributed by atoms with E-state index < -0.39 is 0 Å². The van der Waals surface area contributed by atoms with Crippen molar-refractivity contribution in [3.05, 3.63) is 44.3 Å². The molecule has 1 aromatic heterocycles. The summed E-state index contributed by atoms with van der Waals surface area (Å²) >= 11 is 4.72. The van der Waals surface area contributed by atoms with E-state index in [9.17, 15) is 9.90 Å². The molecule has 6 heteroatoms. The Bertz CT molecular complexity index is 583. The second-order valence-electron chi connectivity index (χ2n) is 3.69. The van der Waals surface area contributed by atoms with Crippen LogP contribution in [0.5, 0.6) is 5.75 Å². The average Bonchev–Trinajstić information content (AvgIpc) is 2.75. The van der Waals surface area contributed by atoms with Gasteiger partial charge in [-0.2, -0.15) is 0 Å². The highest BCUT2D eigenvalue weighted by molar-refractivity contribution is 9.10. The number of phenols is 1. The maximum Gasteiger partial charge on any atom is 0.251 e. The fraction of sp³-hybridized carbons (Fsp3) is 0.167. The highest BCUT2D eigenvalue weighted by Gasteiger charge is 2.08. The molecule has 94 valence electrons. The lowest BCUT2D eigenvalue weighted by molar-refractivity contribution is 0.0951. The van der Waals surface area contributed by atoms with Gasteiger partial charge in [0, 0.05) is 16.6 Å². The molecule has 0 fully saturated rings. The molecule has 0 aliphatic carbocycles. The first-order chi connectivity index (χ1) is 8.56. The average molecular weight is 327 g/mol. The van der Waals surface area contributed by atoms with Gasteiger partial charge >= 0.3 is 0 Å². The number of nitrogens with zero attached hydrogens (tertiary/aromatic N) is 1. The van der Waals surface area contributed by atoms with E-state index >= 15 is 0 Å². The number of thiazole rings is 1. The van der Waals surface area contributed by atoms with Crippen molar-refractivity contribution in [2.75, 3.05) is 0 Å². The molecule has 1 heterocycles. The second kappa shape index (κ2) is 5.49. The molecule has 2 aromatic rings. The van der Waals surface area contributed by atoms with Gasteiger partial charge in [0.15, 0.2) is 0 Å². The second-order valence-corrected chi connectivity index (χ2v) is 5.87. The molecular formula is C12H11BrN2O2S. The highest BCUT2D eigenvalue weighted by Crippen LogP contribution is 2.24. The molecule has 0 aliphatic heterocycles. The summed E-state index contributed by atoms with van der Waals surface area (Å²) in [5.41, 5.74) is 0.428. The topological polar surface area (TPSA) is 62.2 Å². The molecule has 0 atom stereocenters. The summed E-state index contributed by atoms with van der Waals surface area (Å²) in [5.74, 6) is -0.167. The monoisotopic (exact) mass is 326 g/mol. The first-order valence-electron chi connectivity index (χ1n) is 5.24. The van der Waals surface area contributed by atoms with Crippen LogP contribution in [-0.2, 0) is 6.54 Å². The zero-order valence-corrected chi connectivity index (χ0v) is 12.0. The van der Waals surface area contributed by atoms with E-state index in [1.165, 1.54) is 6.07 Å². The fourth-order valence-corrected chi connectivity index (χ4v) is 2.39. The van der Waals surface area contributed by atoms with Gasteiger partial charge in [0.1, 0.15) is 5.75 Å². The first kappa shape index (κ1) is 13.0. The van der Waals surface area contributed by atoms with Crippen molar-refractivity contribution in [3.8, 4) is 5.75 Å². The predicted molar refractivity (Wildman–Crippen MR) is 73.8 cm³/mol. The number of amides is 1. The normalized spacial score (nSPS) is 10.3. The van der Waals surface area contributed by atoms with E-state index in [-0.39, 0.29) is 11.7 Å². The van der Waals surface area contributed by atoms with Crippen LogP contribution in [0.4, 0.5) is 0 Å². The van der Waals surface area contributed by atoms with Crippen LogP contribution in [0.1, 0.15) is 20.2 Å². The van der Waals surface area contributed by atoms with Gasteiger partial charge in [-0.05, 0) is 41.1 Å². The van der Waals surface area contributed by atoms with Gasteiger partial charge in [0.25, 0.3) is 5.91 Å². The molecule has 0 saturated heterocycles. The minimum atomic E-state index is -0.219. The molecule has 0 saturated carbocycles. The maximum atomic E-state index is 11.8. The summed E-state index contributed by atoms with van der Waals surface area (Å²) in [6.45, 7) is 2.36.